The zero-order valence-electron chi connectivity index (χ0n) is 12.6. The standard InChI is InChI=1S/C16H21N3O2/c1-11-6-4-5-7-15(11)17-9-14(20)10-21-16-8-12(2)18-13(3)19-16/h4-8,14,17,20H,9-10H2,1-3H3. The van der Waals surface area contributed by atoms with Crippen LogP contribution in [0.4, 0.5) is 5.69 Å². The SMILES string of the molecule is Cc1cc(OCC(O)CNc2ccccc2C)nc(C)n1. The minimum Gasteiger partial charge on any atom is -0.475 e. The Labute approximate surface area is 125 Å². The fourth-order valence-electron chi connectivity index (χ4n) is 2.00. The number of para-hydroxylation sites is 1. The van der Waals surface area contributed by atoms with Crippen LogP contribution in [0.25, 0.3) is 0 Å². The average Bonchev–Trinajstić information content (AvgIpc) is 2.43. The molecule has 0 fully saturated rings. The summed E-state index contributed by atoms with van der Waals surface area (Å²) in [4.78, 5) is 8.35. The number of nitrogens with zero attached hydrogens (tertiary/aromatic N) is 2. The first kappa shape index (κ1) is 15.3. The molecule has 0 radical (unpaired) electrons. The highest BCUT2D eigenvalue weighted by atomic mass is 16.5. The molecule has 0 bridgehead atoms. The molecule has 21 heavy (non-hydrogen) atoms. The molecule has 2 N–H and O–H groups in total. The van der Waals surface area contributed by atoms with E-state index < -0.39 is 6.10 Å². The Morgan fingerprint density at radius 1 is 1.19 bits per heavy atom. The van der Waals surface area contributed by atoms with E-state index in [2.05, 4.69) is 15.3 Å². The number of aliphatic hydroxyl groups is 1. The molecule has 0 amide bonds. The number of aryl methyl sites for hydroxylation is 3. The lowest BCUT2D eigenvalue weighted by Gasteiger charge is -2.15. The van der Waals surface area contributed by atoms with Crippen molar-refractivity contribution < 1.29 is 9.84 Å². The molecule has 1 aromatic heterocycles. The molecule has 1 heterocycles. The molecule has 1 unspecified atom stereocenters. The normalized spacial score (nSPS) is 12.0. The first-order valence-electron chi connectivity index (χ1n) is 6.97. The maximum Gasteiger partial charge on any atom is 0.216 e. The second kappa shape index (κ2) is 7.04. The zero-order valence-corrected chi connectivity index (χ0v) is 12.6. The van der Waals surface area contributed by atoms with E-state index in [1.165, 1.54) is 0 Å². The highest BCUT2D eigenvalue weighted by Gasteiger charge is 2.07. The fraction of sp³-hybridized carbons (Fsp3) is 0.375. The van der Waals surface area contributed by atoms with Crippen LogP contribution in [0, 0.1) is 20.8 Å². The minimum absolute atomic E-state index is 0.189. The Kier molecular flexibility index (Phi) is 5.11. The smallest absolute Gasteiger partial charge is 0.216 e. The molecular weight excluding hydrogens is 266 g/mol. The Morgan fingerprint density at radius 2 is 1.95 bits per heavy atom. The van der Waals surface area contributed by atoms with E-state index in [9.17, 15) is 5.11 Å². The molecule has 0 aliphatic carbocycles. The third-order valence-corrected chi connectivity index (χ3v) is 3.04. The number of aliphatic hydroxyl groups excluding tert-OH is 1. The van der Waals surface area contributed by atoms with Gasteiger partial charge in [0.2, 0.25) is 5.88 Å². The van der Waals surface area contributed by atoms with Gasteiger partial charge in [0, 0.05) is 24.0 Å². The van der Waals surface area contributed by atoms with Crippen LogP contribution < -0.4 is 10.1 Å². The van der Waals surface area contributed by atoms with Crippen LogP contribution >= 0.6 is 0 Å². The number of nitrogens with one attached hydrogen (secondary N) is 1. The molecule has 2 aromatic rings. The lowest BCUT2D eigenvalue weighted by atomic mass is 10.2. The van der Waals surface area contributed by atoms with Crippen molar-refractivity contribution >= 4 is 5.69 Å². The summed E-state index contributed by atoms with van der Waals surface area (Å²) in [5.74, 6) is 1.16. The zero-order chi connectivity index (χ0) is 15.2. The van der Waals surface area contributed by atoms with Crippen molar-refractivity contribution in [2.24, 2.45) is 0 Å². The molecule has 112 valence electrons. The maximum absolute atomic E-state index is 9.97. The summed E-state index contributed by atoms with van der Waals surface area (Å²) < 4.78 is 5.51. The molecule has 2 rings (SSSR count). The van der Waals surface area contributed by atoms with Crippen LogP contribution in [-0.4, -0.2) is 34.3 Å². The predicted octanol–water partition coefficient (Wildman–Crippen LogP) is 2.25. The van der Waals surface area contributed by atoms with Crippen molar-refractivity contribution in [2.75, 3.05) is 18.5 Å². The molecule has 5 nitrogen and oxygen atoms in total. The largest absolute Gasteiger partial charge is 0.475 e. The van der Waals surface area contributed by atoms with Crippen molar-refractivity contribution in [3.8, 4) is 5.88 Å². The molecule has 0 spiro atoms. The summed E-state index contributed by atoms with van der Waals surface area (Å²) >= 11 is 0. The summed E-state index contributed by atoms with van der Waals surface area (Å²) in [6.45, 7) is 6.34. The molecular formula is C16H21N3O2. The number of ether oxygens (including phenoxy) is 1. The highest BCUT2D eigenvalue weighted by molar-refractivity contribution is 5.50. The molecule has 1 atom stereocenters. The predicted molar refractivity (Wildman–Crippen MR) is 82.7 cm³/mol. The van der Waals surface area contributed by atoms with Gasteiger partial charge in [0.05, 0.1) is 0 Å². The summed E-state index contributed by atoms with van der Waals surface area (Å²) in [5, 5.41) is 13.2. The van der Waals surface area contributed by atoms with Gasteiger partial charge in [-0.1, -0.05) is 18.2 Å². The number of anilines is 1. The second-order valence-electron chi connectivity index (χ2n) is 5.06. The summed E-state index contributed by atoms with van der Waals surface area (Å²) in [6.07, 6.45) is -0.611. The van der Waals surface area contributed by atoms with Crippen LogP contribution in [0.5, 0.6) is 5.88 Å². The first-order valence-corrected chi connectivity index (χ1v) is 6.97. The lowest BCUT2D eigenvalue weighted by Crippen LogP contribution is -2.26. The van der Waals surface area contributed by atoms with Crippen LogP contribution in [0.15, 0.2) is 30.3 Å². The Morgan fingerprint density at radius 3 is 2.67 bits per heavy atom. The number of hydrogen-bond donors (Lipinski definition) is 2. The van der Waals surface area contributed by atoms with E-state index in [0.717, 1.165) is 16.9 Å². The molecule has 1 aromatic carbocycles. The summed E-state index contributed by atoms with van der Waals surface area (Å²) in [5.41, 5.74) is 3.02. The molecule has 0 aliphatic heterocycles. The monoisotopic (exact) mass is 287 g/mol. The van der Waals surface area contributed by atoms with Gasteiger partial charge in [-0.25, -0.2) is 4.98 Å². The van der Waals surface area contributed by atoms with E-state index in [1.807, 2.05) is 45.0 Å². The molecule has 0 saturated heterocycles. The first-order chi connectivity index (χ1) is 10.0. The topological polar surface area (TPSA) is 67.3 Å². The highest BCUT2D eigenvalue weighted by Crippen LogP contribution is 2.13. The Balaban J connectivity index is 1.82. The molecule has 5 heteroatoms. The van der Waals surface area contributed by atoms with E-state index in [4.69, 9.17) is 4.74 Å². The number of benzene rings is 1. The van der Waals surface area contributed by atoms with Crippen molar-refractivity contribution in [3.05, 3.63) is 47.4 Å². The summed E-state index contributed by atoms with van der Waals surface area (Å²) in [6, 6.07) is 9.72. The van der Waals surface area contributed by atoms with E-state index >= 15 is 0 Å². The quantitative estimate of drug-likeness (QED) is 0.853. The second-order valence-corrected chi connectivity index (χ2v) is 5.06. The number of aromatic nitrogens is 2. The lowest BCUT2D eigenvalue weighted by molar-refractivity contribution is 0.114. The number of rotatable bonds is 6. The maximum atomic E-state index is 9.97. The van der Waals surface area contributed by atoms with Crippen LogP contribution in [0.1, 0.15) is 17.1 Å². The van der Waals surface area contributed by atoms with Gasteiger partial charge in [0.15, 0.2) is 0 Å². The minimum atomic E-state index is -0.611. The third kappa shape index (κ3) is 4.72. The van der Waals surface area contributed by atoms with Crippen LogP contribution in [0.3, 0.4) is 0 Å². The van der Waals surface area contributed by atoms with Gasteiger partial charge in [0.25, 0.3) is 0 Å². The van der Waals surface area contributed by atoms with Gasteiger partial charge in [-0.3, -0.25) is 0 Å². The number of hydrogen-bond acceptors (Lipinski definition) is 5. The van der Waals surface area contributed by atoms with E-state index in [-0.39, 0.29) is 6.61 Å². The van der Waals surface area contributed by atoms with E-state index in [0.29, 0.717) is 18.2 Å². The van der Waals surface area contributed by atoms with Crippen molar-refractivity contribution in [2.45, 2.75) is 26.9 Å². The Bertz CT molecular complexity index is 582. The van der Waals surface area contributed by atoms with E-state index in [1.54, 1.807) is 6.07 Å². The van der Waals surface area contributed by atoms with Gasteiger partial charge >= 0.3 is 0 Å². The van der Waals surface area contributed by atoms with Gasteiger partial charge in [0.1, 0.15) is 18.5 Å². The van der Waals surface area contributed by atoms with Gasteiger partial charge in [-0.05, 0) is 32.4 Å². The van der Waals surface area contributed by atoms with Crippen LogP contribution in [0.2, 0.25) is 0 Å². The van der Waals surface area contributed by atoms with Crippen molar-refractivity contribution in [3.63, 3.8) is 0 Å². The van der Waals surface area contributed by atoms with Crippen molar-refractivity contribution in [1.29, 1.82) is 0 Å². The van der Waals surface area contributed by atoms with Gasteiger partial charge < -0.3 is 15.2 Å². The third-order valence-electron chi connectivity index (χ3n) is 3.04. The average molecular weight is 287 g/mol. The van der Waals surface area contributed by atoms with Gasteiger partial charge in [-0.2, -0.15) is 4.98 Å². The van der Waals surface area contributed by atoms with Gasteiger partial charge in [-0.15, -0.1) is 0 Å². The molecule has 0 saturated carbocycles. The fourth-order valence-corrected chi connectivity index (χ4v) is 2.00. The van der Waals surface area contributed by atoms with Crippen molar-refractivity contribution in [1.82, 2.24) is 9.97 Å². The van der Waals surface area contributed by atoms with Crippen LogP contribution in [-0.2, 0) is 0 Å². The molecule has 0 aliphatic rings. The summed E-state index contributed by atoms with van der Waals surface area (Å²) in [7, 11) is 0. The Hall–Kier alpha value is -2.14.